The first-order chi connectivity index (χ1) is 8.78. The Morgan fingerprint density at radius 3 is 2.33 bits per heavy atom. The standard InChI is InChI=1S/C12H18O3.C3H8/c1-3-4-8-14-10-15-12-7-5-6-11(9-12)13-2;1-3-2/h5-7,9H,3-4,8,10H2,1-2H3;3H2,1-2H3. The lowest BCUT2D eigenvalue weighted by molar-refractivity contribution is 0.0140. The normalized spacial score (nSPS) is 9.33. The first-order valence-corrected chi connectivity index (χ1v) is 6.63. The van der Waals surface area contributed by atoms with E-state index in [-0.39, 0.29) is 0 Å². The number of unbranched alkanes of at least 4 members (excludes halogenated alkanes) is 1. The van der Waals surface area contributed by atoms with Gasteiger partial charge in [0.05, 0.1) is 13.7 Å². The molecule has 0 aromatic heterocycles. The number of rotatable bonds is 7. The van der Waals surface area contributed by atoms with Crippen molar-refractivity contribution in [1.82, 2.24) is 0 Å². The zero-order chi connectivity index (χ0) is 13.6. The van der Waals surface area contributed by atoms with E-state index in [1.54, 1.807) is 7.11 Å². The summed E-state index contributed by atoms with van der Waals surface area (Å²) in [5.41, 5.74) is 0. The van der Waals surface area contributed by atoms with Gasteiger partial charge in [-0.3, -0.25) is 0 Å². The molecule has 0 heterocycles. The Kier molecular flexibility index (Phi) is 11.4. The summed E-state index contributed by atoms with van der Waals surface area (Å²) in [4.78, 5) is 0. The van der Waals surface area contributed by atoms with Gasteiger partial charge < -0.3 is 14.2 Å². The smallest absolute Gasteiger partial charge is 0.189 e. The fraction of sp³-hybridized carbons (Fsp3) is 0.600. The lowest BCUT2D eigenvalue weighted by atomic mass is 10.3. The maximum atomic E-state index is 5.39. The number of methoxy groups -OCH3 is 1. The van der Waals surface area contributed by atoms with E-state index in [2.05, 4.69) is 20.8 Å². The predicted octanol–water partition coefficient (Wildman–Crippen LogP) is 4.26. The molecule has 0 aliphatic carbocycles. The van der Waals surface area contributed by atoms with E-state index < -0.39 is 0 Å². The third kappa shape index (κ3) is 8.88. The summed E-state index contributed by atoms with van der Waals surface area (Å²) in [7, 11) is 1.64. The molecule has 0 bridgehead atoms. The van der Waals surface area contributed by atoms with Crippen molar-refractivity contribution in [3.05, 3.63) is 24.3 Å². The Morgan fingerprint density at radius 2 is 1.72 bits per heavy atom. The lowest BCUT2D eigenvalue weighted by Gasteiger charge is -2.07. The molecule has 1 aromatic rings. The van der Waals surface area contributed by atoms with Gasteiger partial charge in [0.2, 0.25) is 0 Å². The highest BCUT2D eigenvalue weighted by Crippen LogP contribution is 2.18. The quantitative estimate of drug-likeness (QED) is 0.537. The zero-order valence-corrected chi connectivity index (χ0v) is 12.1. The van der Waals surface area contributed by atoms with E-state index in [1.807, 2.05) is 24.3 Å². The van der Waals surface area contributed by atoms with Crippen molar-refractivity contribution in [2.75, 3.05) is 20.5 Å². The van der Waals surface area contributed by atoms with E-state index in [0.717, 1.165) is 30.9 Å². The van der Waals surface area contributed by atoms with Gasteiger partial charge in [-0.25, -0.2) is 0 Å². The molecule has 0 aliphatic heterocycles. The van der Waals surface area contributed by atoms with Crippen molar-refractivity contribution in [2.45, 2.75) is 40.0 Å². The first kappa shape index (κ1) is 16.8. The minimum absolute atomic E-state index is 0.299. The van der Waals surface area contributed by atoms with Crippen LogP contribution in [-0.2, 0) is 4.74 Å². The lowest BCUT2D eigenvalue weighted by Crippen LogP contribution is -2.03. The second-order valence-electron chi connectivity index (χ2n) is 3.91. The predicted molar refractivity (Wildman–Crippen MR) is 75.3 cm³/mol. The molecule has 0 spiro atoms. The van der Waals surface area contributed by atoms with Gasteiger partial charge in [0.25, 0.3) is 0 Å². The number of hydrogen-bond donors (Lipinski definition) is 0. The largest absolute Gasteiger partial charge is 0.497 e. The van der Waals surface area contributed by atoms with E-state index in [1.165, 1.54) is 6.42 Å². The van der Waals surface area contributed by atoms with Crippen LogP contribution in [0, 0.1) is 0 Å². The maximum absolute atomic E-state index is 5.39. The first-order valence-electron chi connectivity index (χ1n) is 6.63. The van der Waals surface area contributed by atoms with Gasteiger partial charge in [-0.15, -0.1) is 0 Å². The van der Waals surface area contributed by atoms with Crippen molar-refractivity contribution in [1.29, 1.82) is 0 Å². The minimum atomic E-state index is 0.299. The van der Waals surface area contributed by atoms with Crippen LogP contribution < -0.4 is 9.47 Å². The van der Waals surface area contributed by atoms with Crippen LogP contribution in [-0.4, -0.2) is 20.5 Å². The highest BCUT2D eigenvalue weighted by molar-refractivity contribution is 5.32. The fourth-order valence-electron chi connectivity index (χ4n) is 1.11. The van der Waals surface area contributed by atoms with Crippen LogP contribution in [0.4, 0.5) is 0 Å². The summed E-state index contributed by atoms with van der Waals surface area (Å²) >= 11 is 0. The molecule has 0 radical (unpaired) electrons. The van der Waals surface area contributed by atoms with E-state index >= 15 is 0 Å². The Bertz CT molecular complexity index is 287. The van der Waals surface area contributed by atoms with Crippen molar-refractivity contribution in [2.24, 2.45) is 0 Å². The molecule has 3 heteroatoms. The number of ether oxygens (including phenoxy) is 3. The second-order valence-corrected chi connectivity index (χ2v) is 3.91. The molecule has 0 saturated heterocycles. The molecular weight excluding hydrogens is 228 g/mol. The number of benzene rings is 1. The van der Waals surface area contributed by atoms with Crippen LogP contribution >= 0.6 is 0 Å². The molecule has 0 aliphatic rings. The summed E-state index contributed by atoms with van der Waals surface area (Å²) in [5.74, 6) is 1.56. The van der Waals surface area contributed by atoms with Crippen LogP contribution in [0.1, 0.15) is 40.0 Å². The molecule has 0 amide bonds. The molecule has 0 unspecified atom stereocenters. The van der Waals surface area contributed by atoms with Crippen molar-refractivity contribution in [3.8, 4) is 11.5 Å². The minimum Gasteiger partial charge on any atom is -0.497 e. The summed E-state index contributed by atoms with van der Waals surface area (Å²) in [6.45, 7) is 7.43. The van der Waals surface area contributed by atoms with Gasteiger partial charge >= 0.3 is 0 Å². The van der Waals surface area contributed by atoms with Gasteiger partial charge in [-0.2, -0.15) is 0 Å². The SMILES string of the molecule is CCC.CCCCOCOc1cccc(OC)c1. The summed E-state index contributed by atoms with van der Waals surface area (Å²) in [6, 6.07) is 7.49. The van der Waals surface area contributed by atoms with Crippen molar-refractivity contribution in [3.63, 3.8) is 0 Å². The molecule has 1 rings (SSSR count). The molecule has 104 valence electrons. The average molecular weight is 254 g/mol. The van der Waals surface area contributed by atoms with Crippen molar-refractivity contribution >= 4 is 0 Å². The van der Waals surface area contributed by atoms with Gasteiger partial charge in [-0.1, -0.05) is 39.7 Å². The summed E-state index contributed by atoms with van der Waals surface area (Å²) in [5, 5.41) is 0. The Morgan fingerprint density at radius 1 is 1.06 bits per heavy atom. The molecule has 0 saturated carbocycles. The monoisotopic (exact) mass is 254 g/mol. The molecule has 0 fully saturated rings. The zero-order valence-electron chi connectivity index (χ0n) is 12.1. The topological polar surface area (TPSA) is 27.7 Å². The van der Waals surface area contributed by atoms with E-state index in [0.29, 0.717) is 6.79 Å². The Labute approximate surface area is 111 Å². The van der Waals surface area contributed by atoms with Gasteiger partial charge in [0.15, 0.2) is 6.79 Å². The molecule has 0 N–H and O–H groups in total. The summed E-state index contributed by atoms with van der Waals surface area (Å²) in [6.07, 6.45) is 3.46. The molecule has 1 aromatic carbocycles. The van der Waals surface area contributed by atoms with E-state index in [4.69, 9.17) is 14.2 Å². The highest BCUT2D eigenvalue weighted by atomic mass is 16.7. The molecule has 0 atom stereocenters. The van der Waals surface area contributed by atoms with Crippen LogP contribution in [0.15, 0.2) is 24.3 Å². The van der Waals surface area contributed by atoms with Crippen molar-refractivity contribution < 1.29 is 14.2 Å². The second kappa shape index (κ2) is 12.2. The van der Waals surface area contributed by atoms with Gasteiger partial charge in [0.1, 0.15) is 11.5 Å². The van der Waals surface area contributed by atoms with Crippen LogP contribution in [0.5, 0.6) is 11.5 Å². The van der Waals surface area contributed by atoms with Crippen LogP contribution in [0.2, 0.25) is 0 Å². The Balaban J connectivity index is 0.000000873. The van der Waals surface area contributed by atoms with Gasteiger partial charge in [-0.05, 0) is 18.6 Å². The van der Waals surface area contributed by atoms with Gasteiger partial charge in [0, 0.05) is 6.07 Å². The van der Waals surface area contributed by atoms with Crippen LogP contribution in [0.3, 0.4) is 0 Å². The third-order valence-electron chi connectivity index (χ3n) is 1.99. The maximum Gasteiger partial charge on any atom is 0.189 e. The molecular formula is C15H26O3. The fourth-order valence-corrected chi connectivity index (χ4v) is 1.11. The Hall–Kier alpha value is -1.22. The van der Waals surface area contributed by atoms with E-state index in [9.17, 15) is 0 Å². The highest BCUT2D eigenvalue weighted by Gasteiger charge is 1.95. The van der Waals surface area contributed by atoms with Crippen LogP contribution in [0.25, 0.3) is 0 Å². The number of hydrogen-bond acceptors (Lipinski definition) is 3. The molecule has 18 heavy (non-hydrogen) atoms. The molecule has 3 nitrogen and oxygen atoms in total. The summed E-state index contributed by atoms with van der Waals surface area (Å²) < 4.78 is 15.8. The third-order valence-corrected chi connectivity index (χ3v) is 1.99. The average Bonchev–Trinajstić information content (AvgIpc) is 2.40.